The molecule has 1 saturated heterocycles. The molecule has 0 saturated carbocycles. The molecule has 0 radical (unpaired) electrons. The molecule has 3 nitrogen and oxygen atoms in total. The summed E-state index contributed by atoms with van der Waals surface area (Å²) in [5.41, 5.74) is 1.44. The van der Waals surface area contributed by atoms with Gasteiger partial charge in [0.15, 0.2) is 0 Å². The lowest BCUT2D eigenvalue weighted by Gasteiger charge is -2.32. The minimum Gasteiger partial charge on any atom is -0.462 e. The van der Waals surface area contributed by atoms with Crippen molar-refractivity contribution in [2.45, 2.75) is 31.9 Å². The van der Waals surface area contributed by atoms with Gasteiger partial charge in [0, 0.05) is 6.54 Å². The number of nitrogens with zero attached hydrogens (tertiary/aromatic N) is 1. The van der Waals surface area contributed by atoms with Gasteiger partial charge in [-0.05, 0) is 43.0 Å². The summed E-state index contributed by atoms with van der Waals surface area (Å²) in [6, 6.07) is 14.6. The minimum atomic E-state index is -0.0212. The Hall–Kier alpha value is -1.58. The molecule has 20 heavy (non-hydrogen) atoms. The van der Waals surface area contributed by atoms with Crippen LogP contribution in [0, 0.1) is 0 Å². The van der Waals surface area contributed by atoms with Crippen molar-refractivity contribution in [1.29, 1.82) is 0 Å². The summed E-state index contributed by atoms with van der Waals surface area (Å²) in [5, 5.41) is 9.04. The van der Waals surface area contributed by atoms with Crippen molar-refractivity contribution in [2.24, 2.45) is 0 Å². The molecular weight excluding hydrogens is 250 g/mol. The van der Waals surface area contributed by atoms with Crippen molar-refractivity contribution < 1.29 is 9.52 Å². The average Bonchev–Trinajstić information content (AvgIpc) is 2.96. The molecule has 0 spiro atoms. The molecule has 2 aromatic rings. The lowest BCUT2D eigenvalue weighted by atomic mass is 9.91. The Kier molecular flexibility index (Phi) is 4.19. The van der Waals surface area contributed by atoms with Crippen LogP contribution in [-0.2, 0) is 13.2 Å². The van der Waals surface area contributed by atoms with Crippen molar-refractivity contribution in [3.63, 3.8) is 0 Å². The molecule has 1 aliphatic rings. The zero-order chi connectivity index (χ0) is 13.8. The van der Waals surface area contributed by atoms with Crippen LogP contribution in [-0.4, -0.2) is 23.1 Å². The van der Waals surface area contributed by atoms with Crippen LogP contribution in [0.2, 0.25) is 0 Å². The van der Waals surface area contributed by atoms with E-state index >= 15 is 0 Å². The highest BCUT2D eigenvalue weighted by molar-refractivity contribution is 5.20. The highest BCUT2D eigenvalue weighted by atomic mass is 16.4. The lowest BCUT2D eigenvalue weighted by Crippen LogP contribution is -2.33. The molecule has 106 valence electrons. The third kappa shape index (κ3) is 3.11. The first-order valence-corrected chi connectivity index (χ1v) is 7.31. The summed E-state index contributed by atoms with van der Waals surface area (Å²) in [6.45, 7) is 3.02. The van der Waals surface area contributed by atoms with E-state index in [0.29, 0.717) is 11.7 Å². The van der Waals surface area contributed by atoms with Crippen LogP contribution in [0.4, 0.5) is 0 Å². The lowest BCUT2D eigenvalue weighted by molar-refractivity contribution is 0.180. The Morgan fingerprint density at radius 2 is 1.90 bits per heavy atom. The van der Waals surface area contributed by atoms with Crippen LogP contribution in [0.3, 0.4) is 0 Å². The van der Waals surface area contributed by atoms with Crippen molar-refractivity contribution in [1.82, 2.24) is 4.90 Å². The Morgan fingerprint density at radius 1 is 1.10 bits per heavy atom. The number of aliphatic hydroxyl groups is 1. The van der Waals surface area contributed by atoms with E-state index in [4.69, 9.17) is 9.52 Å². The van der Waals surface area contributed by atoms with Gasteiger partial charge < -0.3 is 9.52 Å². The van der Waals surface area contributed by atoms with E-state index in [0.717, 1.165) is 25.4 Å². The van der Waals surface area contributed by atoms with Gasteiger partial charge in [-0.3, -0.25) is 4.90 Å². The fourth-order valence-electron chi connectivity index (χ4n) is 3.01. The number of furan rings is 1. The molecule has 0 amide bonds. The van der Waals surface area contributed by atoms with Crippen LogP contribution < -0.4 is 0 Å². The first kappa shape index (κ1) is 13.4. The van der Waals surface area contributed by atoms with E-state index in [2.05, 4.69) is 35.2 Å². The number of hydrogen-bond donors (Lipinski definition) is 1. The summed E-state index contributed by atoms with van der Waals surface area (Å²) in [5.74, 6) is 2.22. The van der Waals surface area contributed by atoms with Gasteiger partial charge in [0.1, 0.15) is 18.1 Å². The number of aliphatic hydroxyl groups excluding tert-OH is 1. The summed E-state index contributed by atoms with van der Waals surface area (Å²) in [4.78, 5) is 2.45. The first-order chi connectivity index (χ1) is 9.85. The SMILES string of the molecule is OCc1ccc(CN2CCC[C@@H](c3ccccc3)C2)o1. The molecule has 0 aliphatic carbocycles. The van der Waals surface area contributed by atoms with E-state index in [9.17, 15) is 0 Å². The summed E-state index contributed by atoms with van der Waals surface area (Å²) < 4.78 is 5.58. The molecule has 1 N–H and O–H groups in total. The first-order valence-electron chi connectivity index (χ1n) is 7.31. The summed E-state index contributed by atoms with van der Waals surface area (Å²) in [6.07, 6.45) is 2.49. The quantitative estimate of drug-likeness (QED) is 0.928. The number of hydrogen-bond acceptors (Lipinski definition) is 3. The summed E-state index contributed by atoms with van der Waals surface area (Å²) in [7, 11) is 0. The van der Waals surface area contributed by atoms with Gasteiger partial charge in [0.2, 0.25) is 0 Å². The van der Waals surface area contributed by atoms with Crippen molar-refractivity contribution >= 4 is 0 Å². The fourth-order valence-corrected chi connectivity index (χ4v) is 3.01. The topological polar surface area (TPSA) is 36.6 Å². The van der Waals surface area contributed by atoms with Crippen LogP contribution >= 0.6 is 0 Å². The second-order valence-electron chi connectivity index (χ2n) is 5.51. The molecule has 3 heteroatoms. The van der Waals surface area contributed by atoms with Crippen molar-refractivity contribution in [3.8, 4) is 0 Å². The maximum atomic E-state index is 9.04. The summed E-state index contributed by atoms with van der Waals surface area (Å²) >= 11 is 0. The predicted octanol–water partition coefficient (Wildman–Crippen LogP) is 3.15. The Labute approximate surface area is 119 Å². The van der Waals surface area contributed by atoms with Gasteiger partial charge in [0.25, 0.3) is 0 Å². The van der Waals surface area contributed by atoms with E-state index in [-0.39, 0.29) is 6.61 Å². The van der Waals surface area contributed by atoms with Gasteiger partial charge in [0.05, 0.1) is 6.54 Å². The largest absolute Gasteiger partial charge is 0.462 e. The average molecular weight is 271 g/mol. The van der Waals surface area contributed by atoms with E-state index in [1.807, 2.05) is 12.1 Å². The van der Waals surface area contributed by atoms with Crippen molar-refractivity contribution in [2.75, 3.05) is 13.1 Å². The van der Waals surface area contributed by atoms with Crippen LogP contribution in [0.1, 0.15) is 35.8 Å². The smallest absolute Gasteiger partial charge is 0.129 e. The second kappa shape index (κ2) is 6.25. The molecule has 2 heterocycles. The number of likely N-dealkylation sites (tertiary alicyclic amines) is 1. The molecule has 3 rings (SSSR count). The zero-order valence-electron chi connectivity index (χ0n) is 11.7. The molecule has 1 fully saturated rings. The minimum absolute atomic E-state index is 0.0212. The molecular formula is C17H21NO2. The van der Waals surface area contributed by atoms with Gasteiger partial charge in [-0.2, -0.15) is 0 Å². The number of rotatable bonds is 4. The number of benzene rings is 1. The standard InChI is InChI=1S/C17H21NO2/c19-13-17-9-8-16(20-17)12-18-10-4-7-15(11-18)14-5-2-1-3-6-14/h1-3,5-6,8-9,15,19H,4,7,10-13H2/t15-/m1/s1. The van der Waals surface area contributed by atoms with Gasteiger partial charge in [-0.15, -0.1) is 0 Å². The third-order valence-electron chi connectivity index (χ3n) is 4.03. The van der Waals surface area contributed by atoms with E-state index < -0.39 is 0 Å². The van der Waals surface area contributed by atoms with E-state index in [1.54, 1.807) is 0 Å². The van der Waals surface area contributed by atoms with Crippen LogP contribution in [0.15, 0.2) is 46.9 Å². The van der Waals surface area contributed by atoms with Crippen LogP contribution in [0.25, 0.3) is 0 Å². The highest BCUT2D eigenvalue weighted by Gasteiger charge is 2.21. The molecule has 1 aromatic heterocycles. The van der Waals surface area contributed by atoms with Crippen LogP contribution in [0.5, 0.6) is 0 Å². The highest BCUT2D eigenvalue weighted by Crippen LogP contribution is 2.27. The number of piperidine rings is 1. The molecule has 0 bridgehead atoms. The molecule has 1 atom stereocenters. The van der Waals surface area contributed by atoms with Gasteiger partial charge >= 0.3 is 0 Å². The zero-order valence-corrected chi connectivity index (χ0v) is 11.7. The maximum Gasteiger partial charge on any atom is 0.129 e. The monoisotopic (exact) mass is 271 g/mol. The fraction of sp³-hybridized carbons (Fsp3) is 0.412. The maximum absolute atomic E-state index is 9.04. The molecule has 1 aromatic carbocycles. The van der Waals surface area contributed by atoms with Gasteiger partial charge in [-0.1, -0.05) is 30.3 Å². The van der Waals surface area contributed by atoms with Crippen molar-refractivity contribution in [3.05, 3.63) is 59.5 Å². The second-order valence-corrected chi connectivity index (χ2v) is 5.51. The Balaban J connectivity index is 1.63. The normalized spacial score (nSPS) is 20.1. The Morgan fingerprint density at radius 3 is 2.65 bits per heavy atom. The predicted molar refractivity (Wildman–Crippen MR) is 78.3 cm³/mol. The molecule has 0 unspecified atom stereocenters. The van der Waals surface area contributed by atoms with Gasteiger partial charge in [-0.25, -0.2) is 0 Å². The molecule has 1 aliphatic heterocycles. The third-order valence-corrected chi connectivity index (χ3v) is 4.03. The van der Waals surface area contributed by atoms with E-state index in [1.165, 1.54) is 18.4 Å². The Bertz CT molecular complexity index is 535.